The van der Waals surface area contributed by atoms with Crippen molar-refractivity contribution in [1.29, 1.82) is 0 Å². The summed E-state index contributed by atoms with van der Waals surface area (Å²) in [5.41, 5.74) is 2.38. The fraction of sp³-hybridized carbons (Fsp3) is 0.647. The molecule has 0 spiro atoms. The van der Waals surface area contributed by atoms with Crippen LogP contribution in [0.2, 0.25) is 0 Å². The summed E-state index contributed by atoms with van der Waals surface area (Å²) in [6.07, 6.45) is 6.71. The summed E-state index contributed by atoms with van der Waals surface area (Å²) >= 11 is 5.52. The maximum Gasteiger partial charge on any atom is 2.00 e. The van der Waals surface area contributed by atoms with Gasteiger partial charge in [0.05, 0.1) is 11.4 Å². The van der Waals surface area contributed by atoms with Crippen molar-refractivity contribution in [3.63, 3.8) is 0 Å². The molecule has 2 heterocycles. The molecule has 3 rings (SSSR count). The Kier molecular flexibility index (Phi) is 10.6. The van der Waals surface area contributed by atoms with Gasteiger partial charge in [-0.3, -0.25) is 4.55 Å². The summed E-state index contributed by atoms with van der Waals surface area (Å²) in [5.74, 6) is 1.53. The second-order valence-corrected chi connectivity index (χ2v) is 8.42. The van der Waals surface area contributed by atoms with Crippen LogP contribution in [0.15, 0.2) is 22.3 Å². The number of hydrogen-bond donors (Lipinski definition) is 1. The predicted octanol–water partition coefficient (Wildman–Crippen LogP) is 1.93. The second-order valence-electron chi connectivity index (χ2n) is 7.20. The quantitative estimate of drug-likeness (QED) is 0.128. The minimum Gasteiger partial charge on any atom is -0.741 e. The molecule has 29 heavy (non-hydrogen) atoms. The van der Waals surface area contributed by atoms with E-state index in [-0.39, 0.29) is 17.1 Å². The van der Waals surface area contributed by atoms with E-state index in [1.165, 1.54) is 32.1 Å². The number of likely N-dealkylation sites (tertiary alicyclic amines) is 1. The van der Waals surface area contributed by atoms with Gasteiger partial charge in [-0.15, -0.1) is 5.10 Å². The van der Waals surface area contributed by atoms with Crippen molar-refractivity contribution in [2.45, 2.75) is 46.0 Å². The van der Waals surface area contributed by atoms with Crippen molar-refractivity contribution in [2.75, 3.05) is 13.1 Å². The van der Waals surface area contributed by atoms with Gasteiger partial charge in [0.25, 0.3) is 0 Å². The van der Waals surface area contributed by atoms with E-state index in [2.05, 4.69) is 25.3 Å². The average Bonchev–Trinajstić information content (AvgIpc) is 2.93. The molecule has 9 nitrogen and oxygen atoms in total. The molecular formula is C17H25FeN5O4S2. The molecule has 1 aliphatic carbocycles. The first kappa shape index (κ1) is 25.9. The van der Waals surface area contributed by atoms with Crippen molar-refractivity contribution >= 4 is 33.9 Å². The second kappa shape index (κ2) is 11.9. The molecule has 1 aliphatic heterocycles. The molecule has 12 heteroatoms. The van der Waals surface area contributed by atoms with Gasteiger partial charge in [0.1, 0.15) is 5.69 Å². The minimum atomic E-state index is -4.92. The zero-order valence-corrected chi connectivity index (χ0v) is 19.1. The molecule has 2 aliphatic rings. The minimum absolute atomic E-state index is 0. The molecule has 0 aromatic carbocycles. The van der Waals surface area contributed by atoms with E-state index in [1.54, 1.807) is 0 Å². The largest absolute Gasteiger partial charge is 2.00 e. The molecule has 1 aromatic heterocycles. The van der Waals surface area contributed by atoms with Crippen LogP contribution < -0.4 is 0 Å². The predicted molar refractivity (Wildman–Crippen MR) is 108 cm³/mol. The van der Waals surface area contributed by atoms with Crippen molar-refractivity contribution in [1.82, 2.24) is 15.1 Å². The normalized spacial score (nSPS) is 22.7. The van der Waals surface area contributed by atoms with Crippen LogP contribution >= 0.6 is 0 Å². The van der Waals surface area contributed by atoms with Gasteiger partial charge >= 0.3 is 17.1 Å². The maximum atomic E-state index is 8.63. The van der Waals surface area contributed by atoms with Gasteiger partial charge in [-0.05, 0) is 63.5 Å². The van der Waals surface area contributed by atoms with E-state index in [0.717, 1.165) is 42.0 Å². The average molecular weight is 483 g/mol. The molecule has 1 N–H and O–H groups in total. The van der Waals surface area contributed by atoms with Crippen LogP contribution in [0, 0.1) is 18.8 Å². The number of amidine groups is 1. The Morgan fingerprint density at radius 1 is 1.17 bits per heavy atom. The molecule has 1 saturated carbocycles. The van der Waals surface area contributed by atoms with Crippen LogP contribution in [-0.2, 0) is 40.1 Å². The van der Waals surface area contributed by atoms with Gasteiger partial charge in [-0.2, -0.15) is 15.3 Å². The first-order valence-corrected chi connectivity index (χ1v) is 10.9. The van der Waals surface area contributed by atoms with Gasteiger partial charge in [-0.25, -0.2) is 8.42 Å². The first-order valence-electron chi connectivity index (χ1n) is 9.15. The smallest absolute Gasteiger partial charge is 0.741 e. The fourth-order valence-corrected chi connectivity index (χ4v) is 3.69. The third-order valence-corrected chi connectivity index (χ3v) is 5.23. The van der Waals surface area contributed by atoms with Gasteiger partial charge in [0.2, 0.25) is 10.4 Å². The fourth-order valence-electron chi connectivity index (χ4n) is 3.50. The van der Waals surface area contributed by atoms with Crippen LogP contribution in [0.1, 0.15) is 50.4 Å². The van der Waals surface area contributed by atoms with Gasteiger partial charge in [0, 0.05) is 18.3 Å². The summed E-state index contributed by atoms with van der Waals surface area (Å²) in [6, 6.07) is 3.84. The van der Waals surface area contributed by atoms with Crippen molar-refractivity contribution in [3.8, 4) is 0 Å². The zero-order chi connectivity index (χ0) is 20.7. The van der Waals surface area contributed by atoms with Crippen LogP contribution in [0.4, 0.5) is 0 Å². The van der Waals surface area contributed by atoms with Crippen LogP contribution in [0.25, 0.3) is 0 Å². The van der Waals surface area contributed by atoms with E-state index in [9.17, 15) is 0 Å². The summed E-state index contributed by atoms with van der Waals surface area (Å²) in [7, 11) is -4.92. The van der Waals surface area contributed by atoms with E-state index in [0.29, 0.717) is 5.17 Å². The van der Waals surface area contributed by atoms with Crippen molar-refractivity contribution < 1.29 is 34.6 Å². The van der Waals surface area contributed by atoms with Crippen LogP contribution in [0.3, 0.4) is 0 Å². The summed E-state index contributed by atoms with van der Waals surface area (Å²) < 4.78 is 32.8. The Balaban J connectivity index is 0.000000628. The third-order valence-electron chi connectivity index (χ3n) is 4.89. The number of hydrogen-bond acceptors (Lipinski definition) is 8. The third kappa shape index (κ3) is 9.92. The van der Waals surface area contributed by atoms with Crippen LogP contribution in [0.5, 0.6) is 0 Å². The summed E-state index contributed by atoms with van der Waals surface area (Å²) in [5, 5.41) is 17.4. The molecule has 162 valence electrons. The van der Waals surface area contributed by atoms with Crippen molar-refractivity contribution in [2.24, 2.45) is 22.0 Å². The molecule has 1 aromatic rings. The van der Waals surface area contributed by atoms with E-state index in [1.807, 2.05) is 26.0 Å². The Labute approximate surface area is 187 Å². The topological polar surface area (TPSA) is 131 Å². The maximum absolute atomic E-state index is 8.63. The molecular weight excluding hydrogens is 458 g/mol. The Morgan fingerprint density at radius 2 is 1.72 bits per heavy atom. The van der Waals surface area contributed by atoms with E-state index in [4.69, 9.17) is 30.2 Å². The first-order chi connectivity index (χ1) is 13.1. The monoisotopic (exact) mass is 483 g/mol. The molecule has 2 fully saturated rings. The molecule has 2 atom stereocenters. The van der Waals surface area contributed by atoms with E-state index >= 15 is 0 Å². The standard InChI is InChI=1S/C17H25N5S.Fe.H2O4S/c1-12-6-9-16(20-18-12)13(2)19-21-17(23)22-10-14-4-3-5-15(11-22)8-7-14;;1-5(2,3)4/h6,9,14-15H,3-5,7-8,10-11H2,1-2H3,(H,21,23);;(H2,1,2,3,4)/q;+2;/p-2/b19-13+;;/t14-,15+;;. The molecule has 0 unspecified atom stereocenters. The Hall–Kier alpha value is -1.17. The SMILES string of the molecule is C/C(=N\N=C(/[S-])N1C[C@@H]2CCC[C@@H](CC2)C1)c1ccc(C)nn1.O=S(=O)([O-])O.[Fe+2]. The van der Waals surface area contributed by atoms with Gasteiger partial charge in [-0.1, -0.05) is 6.42 Å². The molecule has 0 radical (unpaired) electrons. The Bertz CT molecular complexity index is 796. The van der Waals surface area contributed by atoms with E-state index < -0.39 is 10.4 Å². The number of rotatable bonds is 2. The van der Waals surface area contributed by atoms with Gasteiger partial charge < -0.3 is 22.1 Å². The number of fused-ring (bicyclic) bond motifs is 3. The molecule has 2 bridgehead atoms. The Morgan fingerprint density at radius 3 is 2.21 bits per heavy atom. The molecule has 1 saturated heterocycles. The summed E-state index contributed by atoms with van der Waals surface area (Å²) in [4.78, 5) is 2.26. The van der Waals surface area contributed by atoms with Gasteiger partial charge in [0.15, 0.2) is 0 Å². The van der Waals surface area contributed by atoms with Crippen LogP contribution in [-0.4, -0.2) is 56.6 Å². The zero-order valence-electron chi connectivity index (χ0n) is 16.3. The van der Waals surface area contributed by atoms with Crippen molar-refractivity contribution in [3.05, 3.63) is 23.5 Å². The summed E-state index contributed by atoms with van der Waals surface area (Å²) in [6.45, 7) is 5.89. The number of aromatic nitrogens is 2. The molecule has 0 amide bonds. The number of nitrogens with zero attached hydrogens (tertiary/aromatic N) is 5. The number of aryl methyl sites for hydroxylation is 1.